The summed E-state index contributed by atoms with van der Waals surface area (Å²) < 4.78 is 5.97. The molecule has 1 atom stereocenters. The fourth-order valence-electron chi connectivity index (χ4n) is 2.13. The zero-order valence-corrected chi connectivity index (χ0v) is 10.4. The molecule has 1 aliphatic rings. The summed E-state index contributed by atoms with van der Waals surface area (Å²) in [6.45, 7) is 8.81. The molecule has 0 spiro atoms. The number of benzene rings is 1. The summed E-state index contributed by atoms with van der Waals surface area (Å²) in [6.07, 6.45) is 1.51. The molecule has 0 radical (unpaired) electrons. The Morgan fingerprint density at radius 1 is 1.25 bits per heavy atom. The number of nitrogens with zero attached hydrogens (tertiary/aromatic N) is 1. The van der Waals surface area contributed by atoms with Crippen molar-refractivity contribution in [3.05, 3.63) is 29.8 Å². The van der Waals surface area contributed by atoms with E-state index in [0.717, 1.165) is 25.3 Å². The third kappa shape index (κ3) is 2.76. The van der Waals surface area contributed by atoms with Crippen molar-refractivity contribution in [2.24, 2.45) is 0 Å². The Bertz CT molecular complexity index is 331. The van der Waals surface area contributed by atoms with Crippen molar-refractivity contribution < 1.29 is 4.74 Å². The van der Waals surface area contributed by atoms with Crippen LogP contribution in [-0.4, -0.2) is 30.1 Å². The van der Waals surface area contributed by atoms with Crippen molar-refractivity contribution in [1.82, 2.24) is 4.90 Å². The van der Waals surface area contributed by atoms with Crippen LogP contribution in [0.4, 0.5) is 0 Å². The van der Waals surface area contributed by atoms with Crippen LogP contribution >= 0.6 is 0 Å². The van der Waals surface area contributed by atoms with E-state index < -0.39 is 0 Å². The van der Waals surface area contributed by atoms with Gasteiger partial charge in [-0.2, -0.15) is 0 Å². The second-order valence-electron chi connectivity index (χ2n) is 4.93. The quantitative estimate of drug-likeness (QED) is 0.775. The second-order valence-corrected chi connectivity index (χ2v) is 4.93. The van der Waals surface area contributed by atoms with E-state index >= 15 is 0 Å². The minimum atomic E-state index is 0.366. The minimum Gasteiger partial charge on any atom is -0.489 e. The molecule has 1 unspecified atom stereocenters. The highest BCUT2D eigenvalue weighted by Gasteiger charge is 2.25. The molecule has 2 nitrogen and oxygen atoms in total. The van der Waals surface area contributed by atoms with Gasteiger partial charge in [0.25, 0.3) is 0 Å². The van der Waals surface area contributed by atoms with E-state index in [9.17, 15) is 0 Å². The molecule has 0 saturated carbocycles. The van der Waals surface area contributed by atoms with E-state index in [1.807, 2.05) is 0 Å². The van der Waals surface area contributed by atoms with E-state index in [2.05, 4.69) is 49.9 Å². The molecule has 1 heterocycles. The summed E-state index contributed by atoms with van der Waals surface area (Å²) in [4.78, 5) is 2.47. The smallest absolute Gasteiger partial charge is 0.119 e. The van der Waals surface area contributed by atoms with Crippen molar-refractivity contribution in [2.45, 2.75) is 39.3 Å². The zero-order chi connectivity index (χ0) is 11.5. The van der Waals surface area contributed by atoms with Gasteiger partial charge in [-0.3, -0.25) is 4.90 Å². The first kappa shape index (κ1) is 11.5. The Labute approximate surface area is 98.2 Å². The average molecular weight is 219 g/mol. The zero-order valence-electron chi connectivity index (χ0n) is 10.4. The topological polar surface area (TPSA) is 12.5 Å². The van der Waals surface area contributed by atoms with Gasteiger partial charge in [0.2, 0.25) is 0 Å². The van der Waals surface area contributed by atoms with E-state index in [1.165, 1.54) is 5.56 Å². The van der Waals surface area contributed by atoms with Crippen molar-refractivity contribution in [3.63, 3.8) is 0 Å². The van der Waals surface area contributed by atoms with Gasteiger partial charge in [0.15, 0.2) is 0 Å². The molecular weight excluding hydrogens is 198 g/mol. The number of ether oxygens (including phenoxy) is 1. The van der Waals surface area contributed by atoms with Gasteiger partial charge in [-0.1, -0.05) is 17.7 Å². The van der Waals surface area contributed by atoms with Crippen molar-refractivity contribution in [1.29, 1.82) is 0 Å². The fourth-order valence-corrected chi connectivity index (χ4v) is 2.13. The van der Waals surface area contributed by atoms with Gasteiger partial charge >= 0.3 is 0 Å². The van der Waals surface area contributed by atoms with Crippen LogP contribution in [-0.2, 0) is 0 Å². The summed E-state index contributed by atoms with van der Waals surface area (Å²) in [7, 11) is 0. The van der Waals surface area contributed by atoms with E-state index in [1.54, 1.807) is 0 Å². The highest BCUT2D eigenvalue weighted by Crippen LogP contribution is 2.19. The van der Waals surface area contributed by atoms with Crippen molar-refractivity contribution in [2.75, 3.05) is 13.1 Å². The maximum absolute atomic E-state index is 5.97. The van der Waals surface area contributed by atoms with E-state index in [0.29, 0.717) is 12.1 Å². The molecular formula is C14H21NO. The number of likely N-dealkylation sites (tertiary alicyclic amines) is 1. The first-order chi connectivity index (χ1) is 7.65. The van der Waals surface area contributed by atoms with Crippen LogP contribution in [0.15, 0.2) is 24.3 Å². The lowest BCUT2D eigenvalue weighted by atomic mass is 10.2. The second kappa shape index (κ2) is 4.88. The Balaban J connectivity index is 1.89. The molecule has 1 fully saturated rings. The molecule has 1 saturated heterocycles. The van der Waals surface area contributed by atoms with Crippen LogP contribution in [0.5, 0.6) is 5.75 Å². The summed E-state index contributed by atoms with van der Waals surface area (Å²) in [5.41, 5.74) is 1.28. The number of rotatable bonds is 3. The Hall–Kier alpha value is -1.02. The maximum Gasteiger partial charge on any atom is 0.119 e. The summed E-state index contributed by atoms with van der Waals surface area (Å²) in [5.74, 6) is 1.00. The predicted molar refractivity (Wildman–Crippen MR) is 66.9 cm³/mol. The summed E-state index contributed by atoms with van der Waals surface area (Å²) in [6, 6.07) is 8.96. The lowest BCUT2D eigenvalue weighted by Crippen LogP contribution is -2.30. The van der Waals surface area contributed by atoms with Gasteiger partial charge in [0.05, 0.1) is 0 Å². The number of hydrogen-bond donors (Lipinski definition) is 0. The van der Waals surface area contributed by atoms with Crippen molar-refractivity contribution in [3.8, 4) is 5.75 Å². The van der Waals surface area contributed by atoms with Crippen LogP contribution in [0.1, 0.15) is 25.8 Å². The Morgan fingerprint density at radius 2 is 1.94 bits per heavy atom. The van der Waals surface area contributed by atoms with E-state index in [4.69, 9.17) is 4.74 Å². The van der Waals surface area contributed by atoms with Gasteiger partial charge < -0.3 is 4.74 Å². The highest BCUT2D eigenvalue weighted by atomic mass is 16.5. The summed E-state index contributed by atoms with van der Waals surface area (Å²) >= 11 is 0. The standard InChI is InChI=1S/C14H21NO/c1-11(2)15-9-8-14(10-15)16-13-6-4-12(3)5-7-13/h4-7,11,14H,8-10H2,1-3H3. The third-order valence-corrected chi connectivity index (χ3v) is 3.23. The molecule has 1 aromatic carbocycles. The van der Waals surface area contributed by atoms with Crippen LogP contribution in [0.25, 0.3) is 0 Å². The molecule has 0 N–H and O–H groups in total. The van der Waals surface area contributed by atoms with Gasteiger partial charge in [0, 0.05) is 19.1 Å². The fraction of sp³-hybridized carbons (Fsp3) is 0.571. The molecule has 0 aliphatic carbocycles. The number of hydrogen-bond acceptors (Lipinski definition) is 2. The molecule has 0 amide bonds. The lowest BCUT2D eigenvalue weighted by molar-refractivity contribution is 0.187. The summed E-state index contributed by atoms with van der Waals surface area (Å²) in [5, 5.41) is 0. The molecule has 88 valence electrons. The lowest BCUT2D eigenvalue weighted by Gasteiger charge is -2.20. The first-order valence-corrected chi connectivity index (χ1v) is 6.12. The highest BCUT2D eigenvalue weighted by molar-refractivity contribution is 5.26. The van der Waals surface area contributed by atoms with Gasteiger partial charge in [-0.05, 0) is 39.3 Å². The van der Waals surface area contributed by atoms with Gasteiger partial charge in [-0.25, -0.2) is 0 Å². The Morgan fingerprint density at radius 3 is 2.50 bits per heavy atom. The molecule has 0 bridgehead atoms. The monoisotopic (exact) mass is 219 g/mol. The average Bonchev–Trinajstić information content (AvgIpc) is 2.70. The van der Waals surface area contributed by atoms with Crippen LogP contribution in [0.2, 0.25) is 0 Å². The third-order valence-electron chi connectivity index (χ3n) is 3.23. The first-order valence-electron chi connectivity index (χ1n) is 6.12. The molecule has 1 aromatic rings. The molecule has 0 aromatic heterocycles. The largest absolute Gasteiger partial charge is 0.489 e. The molecule has 2 rings (SSSR count). The number of aryl methyl sites for hydroxylation is 1. The van der Waals surface area contributed by atoms with Crippen LogP contribution < -0.4 is 4.74 Å². The molecule has 16 heavy (non-hydrogen) atoms. The molecule has 1 aliphatic heterocycles. The van der Waals surface area contributed by atoms with Crippen LogP contribution in [0.3, 0.4) is 0 Å². The predicted octanol–water partition coefficient (Wildman–Crippen LogP) is 2.86. The van der Waals surface area contributed by atoms with Crippen molar-refractivity contribution >= 4 is 0 Å². The Kier molecular flexibility index (Phi) is 3.49. The maximum atomic E-state index is 5.97. The van der Waals surface area contributed by atoms with E-state index in [-0.39, 0.29) is 0 Å². The SMILES string of the molecule is Cc1ccc(OC2CCN(C(C)C)C2)cc1. The molecule has 2 heteroatoms. The van der Waals surface area contributed by atoms with Crippen LogP contribution in [0, 0.1) is 6.92 Å². The normalized spacial score (nSPS) is 21.6. The van der Waals surface area contributed by atoms with Gasteiger partial charge in [-0.15, -0.1) is 0 Å². The van der Waals surface area contributed by atoms with Gasteiger partial charge in [0.1, 0.15) is 11.9 Å². The minimum absolute atomic E-state index is 0.366.